The smallest absolute Gasteiger partial charge is 0.458 e. The maximum absolute atomic E-state index is 14.2. The van der Waals surface area contributed by atoms with Gasteiger partial charge < -0.3 is 4.74 Å². The van der Waals surface area contributed by atoms with Crippen LogP contribution in [-0.4, -0.2) is 78.5 Å². The monoisotopic (exact) mass is 685 g/mol. The minimum atomic E-state index is -9.04. The van der Waals surface area contributed by atoms with Gasteiger partial charge in [0, 0.05) is 5.57 Å². The van der Waals surface area contributed by atoms with Crippen LogP contribution in [0.25, 0.3) is 0 Å². The first-order valence-electron chi connectivity index (χ1n) is 10.4. The summed E-state index contributed by atoms with van der Waals surface area (Å²) in [5, 5.41) is -8.06. The first-order valence-corrected chi connectivity index (χ1v) is 11.9. The highest BCUT2D eigenvalue weighted by Gasteiger charge is 2.96. The summed E-state index contributed by atoms with van der Waals surface area (Å²) in [5.74, 6) is -54.3. The number of esters is 1. The lowest BCUT2D eigenvalue weighted by molar-refractivity contribution is -0.458. The van der Waals surface area contributed by atoms with Gasteiger partial charge in [-0.25, -0.2) is 13.2 Å². The Morgan fingerprint density at radius 3 is 1.43 bits per heavy atom. The minimum absolute atomic E-state index is 0.0991. The highest BCUT2D eigenvalue weighted by Crippen LogP contribution is 2.64. The summed E-state index contributed by atoms with van der Waals surface area (Å²) >= 11 is 0. The summed E-state index contributed by atoms with van der Waals surface area (Å²) in [6.07, 6.45) is -11.0. The first kappa shape index (κ1) is 39.9. The van der Waals surface area contributed by atoms with Gasteiger partial charge in [0.2, 0.25) is 0 Å². The molecule has 0 aromatic heterocycles. The van der Waals surface area contributed by atoms with Gasteiger partial charge in [0.1, 0.15) is 6.10 Å². The number of sulfonamides is 1. The fourth-order valence-corrected chi connectivity index (χ4v) is 3.63. The molecule has 0 radical (unpaired) electrons. The van der Waals surface area contributed by atoms with Crippen LogP contribution in [0.5, 0.6) is 0 Å². The van der Waals surface area contributed by atoms with Crippen molar-refractivity contribution >= 4 is 16.0 Å². The van der Waals surface area contributed by atoms with Gasteiger partial charge in [-0.2, -0.15) is 74.6 Å². The lowest BCUT2D eigenvalue weighted by Crippen LogP contribution is -2.75. The Morgan fingerprint density at radius 2 is 1.10 bits per heavy atom. The number of carbonyl (C=O) groups is 1. The van der Waals surface area contributed by atoms with E-state index in [1.807, 2.05) is 0 Å². The predicted molar refractivity (Wildman–Crippen MR) is 102 cm³/mol. The lowest BCUT2D eigenvalue weighted by Gasteiger charge is -2.42. The van der Waals surface area contributed by atoms with E-state index in [-0.39, 0.29) is 12.8 Å². The Bertz CT molecular complexity index is 1100. The molecule has 0 saturated heterocycles. The van der Waals surface area contributed by atoms with Crippen LogP contribution in [0.1, 0.15) is 33.1 Å². The third-order valence-electron chi connectivity index (χ3n) is 5.13. The number of unbranched alkanes of at least 4 members (excludes halogenated alkanes) is 1. The molecule has 24 heteroatoms. The summed E-state index contributed by atoms with van der Waals surface area (Å²) in [5.41, 5.74) is -0.516. The van der Waals surface area contributed by atoms with Crippen molar-refractivity contribution in [2.75, 3.05) is 6.54 Å². The molecular weight excluding hydrogens is 668 g/mol. The largest absolute Gasteiger partial charge is 0.460 e. The highest BCUT2D eigenvalue weighted by molar-refractivity contribution is 7.90. The van der Waals surface area contributed by atoms with Crippen molar-refractivity contribution in [1.29, 1.82) is 0 Å². The SMILES string of the molecule is C=C(C)C(=O)OC(CCCC)CN(F)S(=O)(=O)C(F)(F)C(F)(F)C(F)(F)C(F)(F)C(F)(F)C(F)(F)C(F)(F)C(F)(F)F. The zero-order chi connectivity index (χ0) is 34.3. The maximum Gasteiger partial charge on any atom is 0.460 e. The van der Waals surface area contributed by atoms with Crippen LogP contribution < -0.4 is 0 Å². The molecule has 0 aliphatic heterocycles. The van der Waals surface area contributed by atoms with E-state index in [2.05, 4.69) is 11.3 Å². The molecule has 0 fully saturated rings. The van der Waals surface area contributed by atoms with Crippen LogP contribution in [0.15, 0.2) is 12.2 Å². The normalized spacial score (nSPS) is 16.0. The third-order valence-corrected chi connectivity index (χ3v) is 6.70. The van der Waals surface area contributed by atoms with Gasteiger partial charge in [0.05, 0.1) is 6.54 Å². The average molecular weight is 685 g/mol. The molecule has 0 aromatic carbocycles. The summed E-state index contributed by atoms with van der Waals surface area (Å²) < 4.78 is 267. The van der Waals surface area contributed by atoms with Crippen molar-refractivity contribution in [3.63, 3.8) is 0 Å². The first-order chi connectivity index (χ1) is 18.2. The number of alkyl halides is 17. The fraction of sp³-hybridized carbons (Fsp3) is 0.833. The number of halogens is 18. The summed E-state index contributed by atoms with van der Waals surface area (Å²) in [6.45, 7) is 3.01. The average Bonchev–Trinajstić information content (AvgIpc) is 2.80. The molecule has 1 unspecified atom stereocenters. The Kier molecular flexibility index (Phi) is 11.1. The van der Waals surface area contributed by atoms with Crippen LogP contribution in [0.2, 0.25) is 0 Å². The quantitative estimate of drug-likeness (QED) is 0.0796. The van der Waals surface area contributed by atoms with Crippen molar-refractivity contribution in [2.45, 2.75) is 86.2 Å². The van der Waals surface area contributed by atoms with Crippen LogP contribution in [0.4, 0.5) is 79.1 Å². The predicted octanol–water partition coefficient (Wildman–Crippen LogP) is 7.15. The molecule has 0 N–H and O–H groups in total. The molecule has 0 aliphatic rings. The number of hydrogen-bond acceptors (Lipinski definition) is 4. The third kappa shape index (κ3) is 6.10. The van der Waals surface area contributed by atoms with E-state index in [9.17, 15) is 92.3 Å². The Labute approximate surface area is 223 Å². The molecule has 0 rings (SSSR count). The number of ether oxygens (including phenoxy) is 1. The van der Waals surface area contributed by atoms with Gasteiger partial charge >= 0.3 is 63.0 Å². The van der Waals surface area contributed by atoms with E-state index in [4.69, 9.17) is 0 Å². The molecule has 0 amide bonds. The molecule has 42 heavy (non-hydrogen) atoms. The van der Waals surface area contributed by atoms with Gasteiger partial charge in [0.25, 0.3) is 0 Å². The molecule has 0 aromatic rings. The number of hydrogen-bond donors (Lipinski definition) is 0. The maximum atomic E-state index is 14.2. The number of carbonyl (C=O) groups excluding carboxylic acids is 1. The molecule has 0 saturated carbocycles. The van der Waals surface area contributed by atoms with Crippen LogP contribution in [0, 0.1) is 0 Å². The van der Waals surface area contributed by atoms with E-state index in [0.29, 0.717) is 0 Å². The van der Waals surface area contributed by atoms with Gasteiger partial charge in [-0.05, 0) is 24.3 Å². The minimum Gasteiger partial charge on any atom is -0.458 e. The van der Waals surface area contributed by atoms with Gasteiger partial charge in [-0.1, -0.05) is 19.9 Å². The zero-order valence-corrected chi connectivity index (χ0v) is 21.2. The molecule has 5 nitrogen and oxygen atoms in total. The van der Waals surface area contributed by atoms with Gasteiger partial charge in [-0.3, -0.25) is 0 Å². The standard InChI is InChI=1S/C18H17F18NO4S/c1-4-5-6-9(41-10(38)8(2)3)7-37(36)42(39,40)18(34,35)16(29,30)14(25,26)12(21,22)11(19,20)13(23,24)15(27,28)17(31,32)33/h9H,2,4-7H2,1,3H3. The van der Waals surface area contributed by atoms with Crippen molar-refractivity contribution in [3.05, 3.63) is 12.2 Å². The Hall–Kier alpha value is -2.14. The number of nitrogens with zero attached hydrogens (tertiary/aromatic N) is 1. The van der Waals surface area contributed by atoms with Crippen LogP contribution in [-0.2, 0) is 19.6 Å². The molecule has 0 aliphatic carbocycles. The van der Waals surface area contributed by atoms with Crippen molar-refractivity contribution < 1.29 is 97.1 Å². The molecule has 0 heterocycles. The van der Waals surface area contributed by atoms with Gasteiger partial charge in [0.15, 0.2) is 0 Å². The van der Waals surface area contributed by atoms with Gasteiger partial charge in [-0.15, -0.1) is 4.48 Å². The van der Waals surface area contributed by atoms with Crippen molar-refractivity contribution in [1.82, 2.24) is 4.53 Å². The second kappa shape index (κ2) is 11.7. The van der Waals surface area contributed by atoms with Crippen LogP contribution in [0.3, 0.4) is 0 Å². The van der Waals surface area contributed by atoms with E-state index in [1.54, 1.807) is 0 Å². The Morgan fingerprint density at radius 1 is 0.738 bits per heavy atom. The Balaban J connectivity index is 6.83. The second-order valence-electron chi connectivity index (χ2n) is 8.39. The van der Waals surface area contributed by atoms with E-state index in [0.717, 1.165) is 6.92 Å². The van der Waals surface area contributed by atoms with E-state index >= 15 is 0 Å². The molecular formula is C18H17F18NO4S. The second-order valence-corrected chi connectivity index (χ2v) is 10.2. The summed E-state index contributed by atoms with van der Waals surface area (Å²) in [4.78, 5) is 11.5. The topological polar surface area (TPSA) is 63.7 Å². The zero-order valence-electron chi connectivity index (χ0n) is 20.4. The fourth-order valence-electron chi connectivity index (χ4n) is 2.57. The van der Waals surface area contributed by atoms with Crippen LogP contribution >= 0.6 is 0 Å². The van der Waals surface area contributed by atoms with E-state index in [1.165, 1.54) is 6.92 Å². The van der Waals surface area contributed by atoms with E-state index < -0.39 is 92.1 Å². The summed E-state index contributed by atoms with van der Waals surface area (Å²) in [6, 6.07) is 0. The van der Waals surface area contributed by atoms with Crippen molar-refractivity contribution in [3.8, 4) is 0 Å². The molecule has 0 spiro atoms. The summed E-state index contributed by atoms with van der Waals surface area (Å²) in [7, 11) is -8.15. The molecule has 250 valence electrons. The molecule has 0 bridgehead atoms. The lowest BCUT2D eigenvalue weighted by atomic mass is 9.91. The van der Waals surface area contributed by atoms with Crippen molar-refractivity contribution in [2.24, 2.45) is 0 Å². The highest BCUT2D eigenvalue weighted by atomic mass is 32.2. The molecule has 1 atom stereocenters. The number of rotatable bonds is 15.